The Kier molecular flexibility index (Phi) is 5.03. The number of fused-ring (bicyclic) bond motifs is 1. The lowest BCUT2D eigenvalue weighted by atomic mass is 10.00. The molecule has 4 rings (SSSR count). The van der Waals surface area contributed by atoms with Crippen LogP contribution in [0.3, 0.4) is 0 Å². The zero-order chi connectivity index (χ0) is 17.2. The fourth-order valence-corrected chi connectivity index (χ4v) is 5.02. The average Bonchev–Trinajstić information content (AvgIpc) is 3.24. The highest BCUT2D eigenvalue weighted by atomic mass is 32.1. The third-order valence-electron chi connectivity index (χ3n) is 5.04. The Labute approximate surface area is 156 Å². The summed E-state index contributed by atoms with van der Waals surface area (Å²) in [5.41, 5.74) is 1.39. The minimum absolute atomic E-state index is 0.0452. The second-order valence-corrected chi connectivity index (χ2v) is 8.55. The number of carbonyl (C=O) groups is 1. The minimum Gasteiger partial charge on any atom is -0.351 e. The zero-order valence-electron chi connectivity index (χ0n) is 14.3. The molecule has 5 nitrogen and oxygen atoms in total. The van der Waals surface area contributed by atoms with Crippen molar-refractivity contribution in [3.05, 3.63) is 32.0 Å². The first kappa shape index (κ1) is 17.0. The maximum atomic E-state index is 12.5. The van der Waals surface area contributed by atoms with Crippen LogP contribution in [-0.4, -0.2) is 27.2 Å². The van der Waals surface area contributed by atoms with Crippen LogP contribution in [-0.2, 0) is 19.3 Å². The Hall–Kier alpha value is -1.47. The van der Waals surface area contributed by atoms with E-state index in [4.69, 9.17) is 12.2 Å². The molecule has 1 amide bonds. The third kappa shape index (κ3) is 3.87. The Balaban J connectivity index is 1.36. The van der Waals surface area contributed by atoms with Crippen LogP contribution in [0.1, 0.15) is 70.5 Å². The lowest BCUT2D eigenvalue weighted by molar-refractivity contribution is 0.0958. The summed E-state index contributed by atoms with van der Waals surface area (Å²) < 4.78 is 2.81. The fraction of sp³-hybridized carbons (Fsp3) is 0.611. The van der Waals surface area contributed by atoms with Crippen molar-refractivity contribution in [2.24, 2.45) is 0 Å². The number of aromatic amines is 1. The lowest BCUT2D eigenvalue weighted by Gasteiger charge is -2.07. The molecule has 134 valence electrons. The number of amides is 1. The minimum atomic E-state index is 0.0452. The molecule has 1 fully saturated rings. The van der Waals surface area contributed by atoms with Gasteiger partial charge in [-0.1, -0.05) is 12.8 Å². The van der Waals surface area contributed by atoms with Crippen LogP contribution in [0, 0.1) is 4.77 Å². The van der Waals surface area contributed by atoms with Crippen molar-refractivity contribution in [3.8, 4) is 0 Å². The van der Waals surface area contributed by atoms with E-state index in [1.165, 1.54) is 49.0 Å². The lowest BCUT2D eigenvalue weighted by Crippen LogP contribution is -2.25. The molecule has 0 unspecified atom stereocenters. The maximum Gasteiger partial charge on any atom is 0.261 e. The van der Waals surface area contributed by atoms with Gasteiger partial charge in [-0.2, -0.15) is 5.10 Å². The van der Waals surface area contributed by atoms with Gasteiger partial charge in [-0.25, -0.2) is 0 Å². The zero-order valence-corrected chi connectivity index (χ0v) is 16.0. The van der Waals surface area contributed by atoms with Crippen molar-refractivity contribution in [2.45, 2.75) is 63.8 Å². The van der Waals surface area contributed by atoms with Crippen molar-refractivity contribution < 1.29 is 4.79 Å². The highest BCUT2D eigenvalue weighted by molar-refractivity contribution is 7.71. The van der Waals surface area contributed by atoms with E-state index in [0.717, 1.165) is 23.5 Å². The van der Waals surface area contributed by atoms with E-state index in [0.29, 0.717) is 23.8 Å². The summed E-state index contributed by atoms with van der Waals surface area (Å²) in [6.07, 6.45) is 10.4. The van der Waals surface area contributed by atoms with Crippen molar-refractivity contribution in [3.63, 3.8) is 0 Å². The summed E-state index contributed by atoms with van der Waals surface area (Å²) in [6, 6.07) is 2.62. The van der Waals surface area contributed by atoms with E-state index in [1.54, 1.807) is 11.3 Å². The van der Waals surface area contributed by atoms with E-state index < -0.39 is 0 Å². The highest BCUT2D eigenvalue weighted by Gasteiger charge is 2.27. The number of hydrogen-bond donors (Lipinski definition) is 2. The molecule has 2 N–H and O–H groups in total. The predicted octanol–water partition coefficient (Wildman–Crippen LogP) is 3.97. The molecule has 0 bridgehead atoms. The summed E-state index contributed by atoms with van der Waals surface area (Å²) in [7, 11) is 0. The number of carbonyl (C=O) groups excluding carboxylic acids is 1. The second-order valence-electron chi connectivity index (χ2n) is 7.03. The topological polar surface area (TPSA) is 62.7 Å². The SMILES string of the molecule is O=C(NCCc1n[nH]c(=S)n1C1CC1)c1cc2c(s1)CCCCCC2. The maximum absolute atomic E-state index is 12.5. The van der Waals surface area contributed by atoms with Gasteiger partial charge in [0.1, 0.15) is 5.82 Å². The van der Waals surface area contributed by atoms with Crippen LogP contribution in [0.25, 0.3) is 0 Å². The molecule has 0 saturated heterocycles. The molecule has 2 heterocycles. The standard InChI is InChI=1S/C18H24N4OS2/c23-17(15-11-12-5-3-1-2-4-6-14(12)25-15)19-10-9-16-20-21-18(24)22(16)13-7-8-13/h11,13H,1-10H2,(H,19,23)(H,21,24). The Bertz CT molecular complexity index is 790. The summed E-state index contributed by atoms with van der Waals surface area (Å²) >= 11 is 6.98. The van der Waals surface area contributed by atoms with Gasteiger partial charge in [0.25, 0.3) is 5.91 Å². The average molecular weight is 377 g/mol. The Morgan fingerprint density at radius 2 is 2.12 bits per heavy atom. The van der Waals surface area contributed by atoms with Crippen molar-refractivity contribution in [1.29, 1.82) is 0 Å². The third-order valence-corrected chi connectivity index (χ3v) is 6.57. The quantitative estimate of drug-likeness (QED) is 0.776. The van der Waals surface area contributed by atoms with Crippen LogP contribution < -0.4 is 5.32 Å². The predicted molar refractivity (Wildman–Crippen MR) is 102 cm³/mol. The van der Waals surface area contributed by atoms with Crippen molar-refractivity contribution in [2.75, 3.05) is 6.54 Å². The van der Waals surface area contributed by atoms with E-state index in [1.807, 2.05) is 0 Å². The molecular weight excluding hydrogens is 352 g/mol. The fourth-order valence-electron chi connectivity index (χ4n) is 3.55. The van der Waals surface area contributed by atoms with E-state index in [-0.39, 0.29) is 5.91 Å². The molecule has 2 aromatic heterocycles. The summed E-state index contributed by atoms with van der Waals surface area (Å²) in [6.45, 7) is 0.591. The van der Waals surface area contributed by atoms with E-state index >= 15 is 0 Å². The van der Waals surface area contributed by atoms with Gasteiger partial charge >= 0.3 is 0 Å². The van der Waals surface area contributed by atoms with Crippen LogP contribution >= 0.6 is 23.6 Å². The summed E-state index contributed by atoms with van der Waals surface area (Å²) in [5, 5.41) is 10.2. The van der Waals surface area contributed by atoms with Crippen molar-refractivity contribution >= 4 is 29.5 Å². The first-order chi connectivity index (χ1) is 12.2. The molecule has 0 radical (unpaired) electrons. The molecular formula is C18H24N4OS2. The summed E-state index contributed by atoms with van der Waals surface area (Å²) in [5.74, 6) is 0.995. The molecule has 2 aliphatic rings. The normalized spacial score (nSPS) is 17.6. The van der Waals surface area contributed by atoms with Gasteiger partial charge < -0.3 is 9.88 Å². The Morgan fingerprint density at radius 3 is 2.92 bits per heavy atom. The van der Waals surface area contributed by atoms with Gasteiger partial charge in [0, 0.05) is 23.9 Å². The number of hydrogen-bond acceptors (Lipinski definition) is 4. The van der Waals surface area contributed by atoms with Crippen LogP contribution in [0.15, 0.2) is 6.07 Å². The van der Waals surface area contributed by atoms with E-state index in [2.05, 4.69) is 26.1 Å². The van der Waals surface area contributed by atoms with Crippen LogP contribution in [0.5, 0.6) is 0 Å². The number of nitrogens with zero attached hydrogens (tertiary/aromatic N) is 2. The summed E-state index contributed by atoms with van der Waals surface area (Å²) in [4.78, 5) is 14.8. The molecule has 25 heavy (non-hydrogen) atoms. The monoisotopic (exact) mass is 376 g/mol. The molecule has 1 saturated carbocycles. The second kappa shape index (κ2) is 7.41. The van der Waals surface area contributed by atoms with Gasteiger partial charge in [0.2, 0.25) is 0 Å². The number of H-pyrrole nitrogens is 1. The molecule has 0 aliphatic heterocycles. The Morgan fingerprint density at radius 1 is 1.32 bits per heavy atom. The van der Waals surface area contributed by atoms with Crippen LogP contribution in [0.4, 0.5) is 0 Å². The number of rotatable bonds is 5. The number of aromatic nitrogens is 3. The van der Waals surface area contributed by atoms with Gasteiger partial charge in [0.15, 0.2) is 4.77 Å². The van der Waals surface area contributed by atoms with E-state index in [9.17, 15) is 4.79 Å². The number of nitrogens with one attached hydrogen (secondary N) is 2. The van der Waals surface area contributed by atoms with Gasteiger partial charge in [-0.05, 0) is 62.4 Å². The molecule has 7 heteroatoms. The van der Waals surface area contributed by atoms with Gasteiger partial charge in [0.05, 0.1) is 4.88 Å². The van der Waals surface area contributed by atoms with Crippen molar-refractivity contribution in [1.82, 2.24) is 20.1 Å². The van der Waals surface area contributed by atoms with Gasteiger partial charge in [-0.15, -0.1) is 11.3 Å². The highest BCUT2D eigenvalue weighted by Crippen LogP contribution is 2.35. The molecule has 2 aromatic rings. The largest absolute Gasteiger partial charge is 0.351 e. The van der Waals surface area contributed by atoms with Gasteiger partial charge in [-0.3, -0.25) is 9.89 Å². The van der Waals surface area contributed by atoms with Crippen LogP contribution in [0.2, 0.25) is 0 Å². The first-order valence-corrected chi connectivity index (χ1v) is 10.5. The molecule has 0 aromatic carbocycles. The molecule has 0 spiro atoms. The molecule has 0 atom stereocenters. The number of aryl methyl sites for hydroxylation is 2. The smallest absolute Gasteiger partial charge is 0.261 e. The number of thiophene rings is 1. The first-order valence-electron chi connectivity index (χ1n) is 9.28. The molecule has 2 aliphatic carbocycles.